The summed E-state index contributed by atoms with van der Waals surface area (Å²) in [7, 11) is 0. The van der Waals surface area contributed by atoms with Gasteiger partial charge in [0.1, 0.15) is 23.3 Å². The number of carbonyl (C=O) groups is 2. The lowest BCUT2D eigenvalue weighted by Gasteiger charge is -2.23. The Hall–Kier alpha value is -3.58. The summed E-state index contributed by atoms with van der Waals surface area (Å²) in [6, 6.07) is 10.7. The molecule has 1 aromatic carbocycles. The van der Waals surface area contributed by atoms with E-state index < -0.39 is 17.7 Å². The van der Waals surface area contributed by atoms with Crippen LogP contribution < -0.4 is 4.74 Å². The van der Waals surface area contributed by atoms with E-state index in [4.69, 9.17) is 20.8 Å². The van der Waals surface area contributed by atoms with Crippen LogP contribution in [0.2, 0.25) is 5.02 Å². The molecule has 3 aromatic rings. The van der Waals surface area contributed by atoms with Crippen molar-refractivity contribution in [2.45, 2.75) is 19.5 Å². The molecule has 2 aromatic heterocycles. The Kier molecular flexibility index (Phi) is 5.77. The number of pyridine rings is 1. The standard InChI is InChI=1S/C23H19ClN2O5/c1-2-30-15-5-6-17(24)16(12-15)21(27)19-20(18-4-3-11-31-18)26(23(29)22(19)28)13-14-7-9-25-10-8-14/h3-12,20,27H,2,13H2,1H3/b21-19-. The van der Waals surface area contributed by atoms with Crippen LogP contribution in [0.1, 0.15) is 29.9 Å². The first-order chi connectivity index (χ1) is 15.0. The molecule has 0 aliphatic carbocycles. The van der Waals surface area contributed by atoms with E-state index in [0.717, 1.165) is 5.56 Å². The molecular formula is C23H19ClN2O5. The summed E-state index contributed by atoms with van der Waals surface area (Å²) in [6.07, 6.45) is 4.66. The molecule has 31 heavy (non-hydrogen) atoms. The number of hydrogen-bond acceptors (Lipinski definition) is 6. The van der Waals surface area contributed by atoms with Gasteiger partial charge in [0.2, 0.25) is 0 Å². The van der Waals surface area contributed by atoms with Crippen molar-refractivity contribution in [1.82, 2.24) is 9.88 Å². The monoisotopic (exact) mass is 438 g/mol. The Morgan fingerprint density at radius 1 is 1.23 bits per heavy atom. The molecule has 7 nitrogen and oxygen atoms in total. The lowest BCUT2D eigenvalue weighted by atomic mass is 9.99. The molecule has 1 N–H and O–H groups in total. The van der Waals surface area contributed by atoms with E-state index >= 15 is 0 Å². The molecule has 1 aliphatic heterocycles. The maximum Gasteiger partial charge on any atom is 0.296 e. The van der Waals surface area contributed by atoms with Crippen LogP contribution in [0, 0.1) is 0 Å². The van der Waals surface area contributed by atoms with Crippen molar-refractivity contribution < 1.29 is 23.8 Å². The zero-order valence-electron chi connectivity index (χ0n) is 16.6. The van der Waals surface area contributed by atoms with E-state index in [1.165, 1.54) is 17.2 Å². The van der Waals surface area contributed by atoms with Crippen molar-refractivity contribution >= 4 is 29.1 Å². The SMILES string of the molecule is CCOc1ccc(Cl)c(/C(O)=C2/C(=O)C(=O)N(Cc3ccncc3)C2c2ccco2)c1. The van der Waals surface area contributed by atoms with Gasteiger partial charge >= 0.3 is 0 Å². The minimum Gasteiger partial charge on any atom is -0.507 e. The number of aliphatic hydroxyl groups excluding tert-OH is 1. The Morgan fingerprint density at radius 3 is 2.68 bits per heavy atom. The number of ether oxygens (including phenoxy) is 1. The van der Waals surface area contributed by atoms with Crippen molar-refractivity contribution in [2.24, 2.45) is 0 Å². The molecule has 0 saturated carbocycles. The van der Waals surface area contributed by atoms with Crippen molar-refractivity contribution in [3.63, 3.8) is 0 Å². The van der Waals surface area contributed by atoms with E-state index in [-0.39, 0.29) is 28.5 Å². The summed E-state index contributed by atoms with van der Waals surface area (Å²) < 4.78 is 11.0. The molecule has 1 saturated heterocycles. The minimum absolute atomic E-state index is 0.0930. The summed E-state index contributed by atoms with van der Waals surface area (Å²) in [5, 5.41) is 11.3. The smallest absolute Gasteiger partial charge is 0.296 e. The largest absolute Gasteiger partial charge is 0.507 e. The fourth-order valence-corrected chi connectivity index (χ4v) is 3.77. The number of nitrogens with zero attached hydrogens (tertiary/aromatic N) is 2. The van der Waals surface area contributed by atoms with E-state index in [1.54, 1.807) is 48.8 Å². The lowest BCUT2D eigenvalue weighted by Crippen LogP contribution is -2.29. The number of Topliss-reactive ketones (excluding diaryl/α,β-unsaturated/α-hetero) is 1. The van der Waals surface area contributed by atoms with Crippen molar-refractivity contribution in [3.05, 3.63) is 88.6 Å². The second-order valence-corrected chi connectivity index (χ2v) is 7.28. The number of amides is 1. The predicted octanol–water partition coefficient (Wildman–Crippen LogP) is 4.35. The molecule has 0 radical (unpaired) electrons. The highest BCUT2D eigenvalue weighted by Gasteiger charge is 2.47. The highest BCUT2D eigenvalue weighted by Crippen LogP contribution is 2.41. The number of benzene rings is 1. The first kappa shape index (κ1) is 20.7. The molecule has 1 atom stereocenters. The fourth-order valence-electron chi connectivity index (χ4n) is 3.56. The third-order valence-corrected chi connectivity index (χ3v) is 5.29. The van der Waals surface area contributed by atoms with Crippen molar-refractivity contribution in [3.8, 4) is 5.75 Å². The van der Waals surface area contributed by atoms with Gasteiger partial charge in [-0.05, 0) is 55.0 Å². The van der Waals surface area contributed by atoms with E-state index in [9.17, 15) is 14.7 Å². The lowest BCUT2D eigenvalue weighted by molar-refractivity contribution is -0.140. The number of ketones is 1. The first-order valence-corrected chi connectivity index (χ1v) is 10.0. The number of aromatic nitrogens is 1. The van der Waals surface area contributed by atoms with Gasteiger partial charge in [-0.15, -0.1) is 0 Å². The Balaban J connectivity index is 1.85. The molecule has 8 heteroatoms. The predicted molar refractivity (Wildman–Crippen MR) is 113 cm³/mol. The average molecular weight is 439 g/mol. The molecule has 1 aliphatic rings. The zero-order valence-corrected chi connectivity index (χ0v) is 17.4. The number of likely N-dealkylation sites (tertiary alicyclic amines) is 1. The first-order valence-electron chi connectivity index (χ1n) is 9.64. The summed E-state index contributed by atoms with van der Waals surface area (Å²) in [6.45, 7) is 2.39. The summed E-state index contributed by atoms with van der Waals surface area (Å²) >= 11 is 6.30. The summed E-state index contributed by atoms with van der Waals surface area (Å²) in [4.78, 5) is 31.3. The third kappa shape index (κ3) is 3.92. The topological polar surface area (TPSA) is 92.9 Å². The van der Waals surface area contributed by atoms with Crippen LogP contribution in [0.4, 0.5) is 0 Å². The van der Waals surface area contributed by atoms with Crippen LogP contribution in [-0.4, -0.2) is 33.3 Å². The van der Waals surface area contributed by atoms with Gasteiger partial charge in [-0.2, -0.15) is 0 Å². The minimum atomic E-state index is -0.907. The molecule has 3 heterocycles. The molecular weight excluding hydrogens is 420 g/mol. The second kappa shape index (κ2) is 8.65. The van der Waals surface area contributed by atoms with Gasteiger partial charge in [-0.3, -0.25) is 14.6 Å². The van der Waals surface area contributed by atoms with Crippen LogP contribution in [-0.2, 0) is 16.1 Å². The second-order valence-electron chi connectivity index (χ2n) is 6.87. The van der Waals surface area contributed by atoms with Crippen LogP contribution in [0.25, 0.3) is 5.76 Å². The van der Waals surface area contributed by atoms with Gasteiger partial charge in [0.25, 0.3) is 11.7 Å². The zero-order chi connectivity index (χ0) is 22.0. The van der Waals surface area contributed by atoms with Crippen molar-refractivity contribution in [2.75, 3.05) is 6.61 Å². The van der Waals surface area contributed by atoms with Crippen molar-refractivity contribution in [1.29, 1.82) is 0 Å². The number of halogens is 1. The normalized spacial score (nSPS) is 17.9. The van der Waals surface area contributed by atoms with Crippen LogP contribution in [0.3, 0.4) is 0 Å². The molecule has 4 rings (SSSR count). The quantitative estimate of drug-likeness (QED) is 0.349. The summed E-state index contributed by atoms with van der Waals surface area (Å²) in [5.74, 6) is -1.10. The van der Waals surface area contributed by atoms with Crippen LogP contribution in [0.5, 0.6) is 5.75 Å². The Morgan fingerprint density at radius 2 is 2.00 bits per heavy atom. The molecule has 0 spiro atoms. The highest BCUT2D eigenvalue weighted by molar-refractivity contribution is 6.46. The van der Waals surface area contributed by atoms with Crippen LogP contribution >= 0.6 is 11.6 Å². The van der Waals surface area contributed by atoms with Gasteiger partial charge < -0.3 is 19.2 Å². The maximum absolute atomic E-state index is 13.0. The molecule has 0 bridgehead atoms. The number of carbonyl (C=O) groups excluding carboxylic acids is 2. The van der Waals surface area contributed by atoms with Crippen LogP contribution in [0.15, 0.2) is 71.1 Å². The highest BCUT2D eigenvalue weighted by atomic mass is 35.5. The van der Waals surface area contributed by atoms with Gasteiger partial charge in [0, 0.05) is 24.5 Å². The van der Waals surface area contributed by atoms with Gasteiger partial charge in [0.05, 0.1) is 23.5 Å². The van der Waals surface area contributed by atoms with E-state index in [2.05, 4.69) is 4.98 Å². The average Bonchev–Trinajstić information content (AvgIpc) is 3.38. The molecule has 158 valence electrons. The number of rotatable bonds is 6. The fraction of sp³-hybridized carbons (Fsp3) is 0.174. The van der Waals surface area contributed by atoms with E-state index in [0.29, 0.717) is 18.1 Å². The number of aliphatic hydroxyl groups is 1. The molecule has 1 fully saturated rings. The van der Waals surface area contributed by atoms with E-state index in [1.807, 2.05) is 6.92 Å². The number of furan rings is 1. The molecule has 1 unspecified atom stereocenters. The van der Waals surface area contributed by atoms with Gasteiger partial charge in [-0.25, -0.2) is 0 Å². The van der Waals surface area contributed by atoms with Gasteiger partial charge in [-0.1, -0.05) is 11.6 Å². The van der Waals surface area contributed by atoms with Gasteiger partial charge in [0.15, 0.2) is 0 Å². The Bertz CT molecular complexity index is 1140. The third-order valence-electron chi connectivity index (χ3n) is 4.96. The molecule has 1 amide bonds. The number of hydrogen-bond donors (Lipinski definition) is 1. The summed E-state index contributed by atoms with van der Waals surface area (Å²) in [5.41, 5.74) is 0.889. The maximum atomic E-state index is 13.0. The Labute approximate surface area is 183 Å².